The summed E-state index contributed by atoms with van der Waals surface area (Å²) in [5.74, 6) is -0.610. The quantitative estimate of drug-likeness (QED) is 0.610. The molecule has 3 aliphatic rings. The Morgan fingerprint density at radius 2 is 1.83 bits per heavy atom. The van der Waals surface area contributed by atoms with Crippen LogP contribution in [0.1, 0.15) is 50.5 Å². The van der Waals surface area contributed by atoms with Crippen LogP contribution in [0, 0.1) is 11.7 Å². The molecule has 4 rings (SSSR count). The lowest BCUT2D eigenvalue weighted by Gasteiger charge is -2.51. The van der Waals surface area contributed by atoms with E-state index in [2.05, 4.69) is 4.90 Å². The Labute approximate surface area is 207 Å². The highest BCUT2D eigenvalue weighted by molar-refractivity contribution is 5.88. The second kappa shape index (κ2) is 9.76. The fraction of sp³-hybridized carbons (Fsp3) is 0.654. The van der Waals surface area contributed by atoms with Crippen LogP contribution in [0.3, 0.4) is 0 Å². The number of benzene rings is 1. The Morgan fingerprint density at radius 1 is 1.14 bits per heavy atom. The van der Waals surface area contributed by atoms with Gasteiger partial charge in [-0.05, 0) is 76.2 Å². The lowest BCUT2D eigenvalue weighted by molar-refractivity contribution is -0.134. The predicted molar refractivity (Wildman–Crippen MR) is 131 cm³/mol. The van der Waals surface area contributed by atoms with Crippen molar-refractivity contribution in [3.8, 4) is 0 Å². The van der Waals surface area contributed by atoms with E-state index in [1.54, 1.807) is 17.0 Å². The molecule has 2 aliphatic carbocycles. The average Bonchev–Trinajstić information content (AvgIpc) is 3.01. The number of hydrogen-bond acceptors (Lipinski definition) is 4. The molecule has 9 heteroatoms. The number of nitrogens with two attached hydrogens (primary N) is 1. The summed E-state index contributed by atoms with van der Waals surface area (Å²) in [6.07, 6.45) is 6.60. The van der Waals surface area contributed by atoms with Crippen molar-refractivity contribution in [2.75, 3.05) is 47.3 Å². The third kappa shape index (κ3) is 4.87. The van der Waals surface area contributed by atoms with Crippen LogP contribution in [0.25, 0.3) is 0 Å². The van der Waals surface area contributed by atoms with Crippen molar-refractivity contribution in [1.29, 1.82) is 0 Å². The summed E-state index contributed by atoms with van der Waals surface area (Å²) in [6, 6.07) is 6.76. The number of hydrogen-bond donors (Lipinski definition) is 1. The van der Waals surface area contributed by atoms with E-state index in [-0.39, 0.29) is 41.9 Å². The van der Waals surface area contributed by atoms with Gasteiger partial charge in [0.05, 0.1) is 12.1 Å². The first-order chi connectivity index (χ1) is 16.6. The molecule has 8 nitrogen and oxygen atoms in total. The third-order valence-corrected chi connectivity index (χ3v) is 8.60. The number of likely N-dealkylation sites (N-methyl/N-ethyl adjacent to an activating group) is 1. The van der Waals surface area contributed by atoms with Crippen LogP contribution in [0.4, 0.5) is 9.18 Å². The summed E-state index contributed by atoms with van der Waals surface area (Å²) in [5.41, 5.74) is 5.55. The van der Waals surface area contributed by atoms with Gasteiger partial charge < -0.3 is 20.4 Å². The number of carbonyl (C=O) groups excluding carboxylic acids is 3. The van der Waals surface area contributed by atoms with Gasteiger partial charge in [0, 0.05) is 25.7 Å². The van der Waals surface area contributed by atoms with E-state index in [1.165, 1.54) is 24.4 Å². The molecule has 0 bridgehead atoms. The van der Waals surface area contributed by atoms with Crippen LogP contribution in [0.15, 0.2) is 24.3 Å². The summed E-state index contributed by atoms with van der Waals surface area (Å²) in [4.78, 5) is 44.7. The maximum absolute atomic E-state index is 14.1. The van der Waals surface area contributed by atoms with Gasteiger partial charge in [-0.25, -0.2) is 9.18 Å². The minimum atomic E-state index is -0.582. The predicted octanol–water partition coefficient (Wildman–Crippen LogP) is 2.38. The third-order valence-electron chi connectivity index (χ3n) is 8.60. The zero-order chi connectivity index (χ0) is 25.4. The van der Waals surface area contributed by atoms with Crippen molar-refractivity contribution in [3.05, 3.63) is 35.6 Å². The largest absolute Gasteiger partial charge is 0.368 e. The molecule has 2 saturated carbocycles. The molecule has 0 aromatic heterocycles. The van der Waals surface area contributed by atoms with E-state index >= 15 is 0 Å². The molecule has 0 unspecified atom stereocenters. The van der Waals surface area contributed by atoms with Crippen molar-refractivity contribution < 1.29 is 18.8 Å². The van der Waals surface area contributed by atoms with Gasteiger partial charge in [-0.1, -0.05) is 18.6 Å². The lowest BCUT2D eigenvalue weighted by Crippen LogP contribution is -2.56. The standard InChI is InChI=1S/C26H38FN5O3/c1-29(2)26(20-8-5-9-21(27)14-20)12-10-25(11-13-26)18-31(17-23(34)30(3)16-22(28)33)24(35)32(25)15-19-6-4-7-19/h5,8-9,14,19H,4,6-7,10-13,15-18H2,1-3H3,(H2,28,33)/t25-,26-. The SMILES string of the molecule is CN(CC(N)=O)C(=O)CN1C[C@]2(CC[C@@](c3cccc(F)c3)(N(C)C)CC2)N(CC2CCC2)C1=O. The van der Waals surface area contributed by atoms with E-state index in [4.69, 9.17) is 5.73 Å². The van der Waals surface area contributed by atoms with E-state index in [1.807, 2.05) is 25.1 Å². The maximum atomic E-state index is 14.1. The summed E-state index contributed by atoms with van der Waals surface area (Å²) >= 11 is 0. The highest BCUT2D eigenvalue weighted by Gasteiger charge is 2.55. The van der Waals surface area contributed by atoms with E-state index in [0.717, 1.165) is 50.6 Å². The monoisotopic (exact) mass is 487 g/mol. The first-order valence-corrected chi connectivity index (χ1v) is 12.6. The number of amides is 4. The van der Waals surface area contributed by atoms with Crippen molar-refractivity contribution in [1.82, 2.24) is 19.6 Å². The molecule has 3 fully saturated rings. The molecular weight excluding hydrogens is 449 g/mol. The Morgan fingerprint density at radius 3 is 2.37 bits per heavy atom. The second-order valence-electron chi connectivity index (χ2n) is 10.9. The van der Waals surface area contributed by atoms with Crippen LogP contribution in [0.2, 0.25) is 0 Å². The number of rotatable bonds is 8. The number of urea groups is 1. The van der Waals surface area contributed by atoms with Crippen molar-refractivity contribution in [2.45, 2.75) is 56.0 Å². The van der Waals surface area contributed by atoms with Crippen molar-refractivity contribution in [3.63, 3.8) is 0 Å². The molecule has 1 aliphatic heterocycles. The zero-order valence-electron chi connectivity index (χ0n) is 21.1. The number of primary amides is 1. The van der Waals surface area contributed by atoms with Crippen molar-refractivity contribution in [2.24, 2.45) is 11.7 Å². The Kier molecular flexibility index (Phi) is 7.09. The number of carbonyl (C=O) groups is 3. The average molecular weight is 488 g/mol. The molecule has 192 valence electrons. The molecule has 1 aromatic carbocycles. The van der Waals surface area contributed by atoms with Crippen LogP contribution in [-0.2, 0) is 15.1 Å². The lowest BCUT2D eigenvalue weighted by atomic mass is 9.68. The number of nitrogens with zero attached hydrogens (tertiary/aromatic N) is 4. The van der Waals surface area contributed by atoms with E-state index in [9.17, 15) is 18.8 Å². The van der Waals surface area contributed by atoms with Gasteiger partial charge >= 0.3 is 6.03 Å². The Balaban J connectivity index is 1.56. The highest BCUT2D eigenvalue weighted by Crippen LogP contribution is 2.49. The molecule has 0 atom stereocenters. The van der Waals surface area contributed by atoms with Gasteiger partial charge in [0.2, 0.25) is 11.8 Å². The fourth-order valence-electron chi connectivity index (χ4n) is 6.15. The summed E-state index contributed by atoms with van der Waals surface area (Å²) in [6.45, 7) is 0.974. The minimum absolute atomic E-state index is 0.0613. The molecule has 1 saturated heterocycles. The summed E-state index contributed by atoms with van der Waals surface area (Å²) in [7, 11) is 5.60. The second-order valence-corrected chi connectivity index (χ2v) is 10.9. The first kappa shape index (κ1) is 25.4. The molecule has 4 amide bonds. The smallest absolute Gasteiger partial charge is 0.321 e. The molecular formula is C26H38FN5O3. The van der Waals surface area contributed by atoms with Gasteiger partial charge in [0.25, 0.3) is 0 Å². The maximum Gasteiger partial charge on any atom is 0.321 e. The summed E-state index contributed by atoms with van der Waals surface area (Å²) < 4.78 is 14.1. The van der Waals surface area contributed by atoms with Crippen LogP contribution >= 0.6 is 0 Å². The molecule has 1 heterocycles. The van der Waals surface area contributed by atoms with E-state index in [0.29, 0.717) is 12.5 Å². The van der Waals surface area contributed by atoms with Crippen LogP contribution in [0.5, 0.6) is 0 Å². The first-order valence-electron chi connectivity index (χ1n) is 12.6. The Hall–Kier alpha value is -2.68. The number of halogens is 1. The molecule has 1 aromatic rings. The zero-order valence-corrected chi connectivity index (χ0v) is 21.1. The molecule has 1 spiro atoms. The molecule has 0 radical (unpaired) electrons. The van der Waals surface area contributed by atoms with Crippen LogP contribution < -0.4 is 5.73 Å². The van der Waals surface area contributed by atoms with Gasteiger partial charge in [-0.2, -0.15) is 0 Å². The molecule has 35 heavy (non-hydrogen) atoms. The van der Waals surface area contributed by atoms with Crippen LogP contribution in [-0.4, -0.2) is 90.3 Å². The Bertz CT molecular complexity index is 971. The highest BCUT2D eigenvalue weighted by atomic mass is 19.1. The topological polar surface area (TPSA) is 90.2 Å². The van der Waals surface area contributed by atoms with Gasteiger partial charge in [-0.3, -0.25) is 14.5 Å². The molecule has 2 N–H and O–H groups in total. The van der Waals surface area contributed by atoms with Crippen molar-refractivity contribution >= 4 is 17.8 Å². The van der Waals surface area contributed by atoms with E-state index < -0.39 is 5.91 Å². The van der Waals surface area contributed by atoms with Gasteiger partial charge in [0.1, 0.15) is 12.4 Å². The van der Waals surface area contributed by atoms with Gasteiger partial charge in [0.15, 0.2) is 0 Å². The fourth-order valence-corrected chi connectivity index (χ4v) is 6.15. The normalized spacial score (nSPS) is 26.9. The van der Waals surface area contributed by atoms with Gasteiger partial charge in [-0.15, -0.1) is 0 Å². The summed E-state index contributed by atoms with van der Waals surface area (Å²) in [5, 5.41) is 0. The minimum Gasteiger partial charge on any atom is -0.368 e.